The first-order valence-electron chi connectivity index (χ1n) is 7.14. The molecule has 22 heavy (non-hydrogen) atoms. The van der Waals surface area contributed by atoms with Crippen LogP contribution in [0.1, 0.15) is 39.0 Å². The molecule has 0 bridgehead atoms. The molecule has 0 unspecified atom stereocenters. The number of carbonyl (C=O) groups excluding carboxylic acids is 2. The van der Waals surface area contributed by atoms with Gasteiger partial charge in [-0.05, 0) is 25.8 Å². The zero-order chi connectivity index (χ0) is 16.4. The topological polar surface area (TPSA) is 95.7 Å². The number of hydrogen-bond acceptors (Lipinski definition) is 6. The second-order valence-electron chi connectivity index (χ2n) is 4.56. The molecule has 0 N–H and O–H groups in total. The molecule has 0 heterocycles. The molecule has 7 heteroatoms. The molecule has 120 valence electrons. The normalized spacial score (nSPS) is 10.0. The van der Waals surface area contributed by atoms with Crippen LogP contribution in [-0.2, 0) is 14.3 Å². The lowest BCUT2D eigenvalue weighted by Gasteiger charge is -2.05. The first-order chi connectivity index (χ1) is 10.5. The zero-order valence-electron chi connectivity index (χ0n) is 12.4. The van der Waals surface area contributed by atoms with Gasteiger partial charge in [0.25, 0.3) is 0 Å². The predicted molar refractivity (Wildman–Crippen MR) is 78.4 cm³/mol. The van der Waals surface area contributed by atoms with Crippen molar-refractivity contribution >= 4 is 17.6 Å². The molecule has 1 rings (SSSR count). The molecule has 0 aliphatic carbocycles. The first kappa shape index (κ1) is 17.6. The summed E-state index contributed by atoms with van der Waals surface area (Å²) >= 11 is 0. The highest BCUT2D eigenvalue weighted by molar-refractivity contribution is 5.73. The first-order valence-corrected chi connectivity index (χ1v) is 7.14. The molecule has 0 spiro atoms. The fourth-order valence-corrected chi connectivity index (χ4v) is 1.82. The van der Waals surface area contributed by atoms with E-state index in [1.807, 2.05) is 0 Å². The van der Waals surface area contributed by atoms with Crippen molar-refractivity contribution in [3.05, 3.63) is 34.4 Å². The lowest BCUT2D eigenvalue weighted by atomic mass is 10.1. The van der Waals surface area contributed by atoms with Crippen LogP contribution in [0.15, 0.2) is 24.3 Å². The van der Waals surface area contributed by atoms with Crippen molar-refractivity contribution in [3.8, 4) is 5.75 Å². The number of unbranched alkanes of at least 4 members (excludes halogenated alkanes) is 2. The van der Waals surface area contributed by atoms with Crippen molar-refractivity contribution < 1.29 is 24.0 Å². The standard InChI is InChI=1S/C15H19NO6/c1-2-21-14(17)10-4-3-5-11-15(18)22-13-9-7-6-8-12(13)16(19)20/h6-9H,2-5,10-11H2,1H3. The predicted octanol–water partition coefficient (Wildman–Crippen LogP) is 3.01. The summed E-state index contributed by atoms with van der Waals surface area (Å²) in [5, 5.41) is 10.8. The number of esters is 2. The van der Waals surface area contributed by atoms with Gasteiger partial charge in [0.2, 0.25) is 5.75 Å². The number of nitro groups is 1. The van der Waals surface area contributed by atoms with Gasteiger partial charge in [0, 0.05) is 18.9 Å². The monoisotopic (exact) mass is 309 g/mol. The highest BCUT2D eigenvalue weighted by Gasteiger charge is 2.16. The molecule has 0 aliphatic rings. The van der Waals surface area contributed by atoms with Crippen LogP contribution in [0.3, 0.4) is 0 Å². The van der Waals surface area contributed by atoms with Gasteiger partial charge in [-0.15, -0.1) is 0 Å². The van der Waals surface area contributed by atoms with Gasteiger partial charge in [0.1, 0.15) is 0 Å². The minimum Gasteiger partial charge on any atom is -0.466 e. The van der Waals surface area contributed by atoms with Gasteiger partial charge < -0.3 is 9.47 Å². The average Bonchev–Trinajstić information content (AvgIpc) is 2.47. The van der Waals surface area contributed by atoms with Gasteiger partial charge in [-0.2, -0.15) is 0 Å². The molecule has 1 aromatic rings. The summed E-state index contributed by atoms with van der Waals surface area (Å²) < 4.78 is 9.79. The maximum Gasteiger partial charge on any atom is 0.311 e. The van der Waals surface area contributed by atoms with Crippen molar-refractivity contribution in [3.63, 3.8) is 0 Å². The molecule has 0 atom stereocenters. The van der Waals surface area contributed by atoms with Gasteiger partial charge in [-0.25, -0.2) is 0 Å². The molecular formula is C15H19NO6. The highest BCUT2D eigenvalue weighted by Crippen LogP contribution is 2.26. The fourth-order valence-electron chi connectivity index (χ4n) is 1.82. The third-order valence-electron chi connectivity index (χ3n) is 2.85. The van der Waals surface area contributed by atoms with E-state index >= 15 is 0 Å². The molecule has 7 nitrogen and oxygen atoms in total. The molecule has 0 saturated heterocycles. The minimum atomic E-state index is -0.595. The second-order valence-corrected chi connectivity index (χ2v) is 4.56. The van der Waals surface area contributed by atoms with E-state index in [0.29, 0.717) is 32.3 Å². The number of rotatable bonds is 9. The Labute approximate surface area is 128 Å². The molecule has 0 aromatic heterocycles. The summed E-state index contributed by atoms with van der Waals surface area (Å²) in [6.45, 7) is 2.11. The SMILES string of the molecule is CCOC(=O)CCCCCC(=O)Oc1ccccc1[N+](=O)[O-]. The number of carbonyl (C=O) groups is 2. The van der Waals surface area contributed by atoms with Crippen LogP contribution in [0.25, 0.3) is 0 Å². The van der Waals surface area contributed by atoms with Crippen LogP contribution >= 0.6 is 0 Å². The van der Waals surface area contributed by atoms with Gasteiger partial charge in [0.05, 0.1) is 11.5 Å². The summed E-state index contributed by atoms with van der Waals surface area (Å²) in [7, 11) is 0. The minimum absolute atomic E-state index is 0.0518. The Balaban J connectivity index is 2.30. The summed E-state index contributed by atoms with van der Waals surface area (Å²) in [4.78, 5) is 32.9. The van der Waals surface area contributed by atoms with Crippen LogP contribution in [0.4, 0.5) is 5.69 Å². The Bertz CT molecular complexity index is 529. The van der Waals surface area contributed by atoms with Gasteiger partial charge in [-0.3, -0.25) is 19.7 Å². The summed E-state index contributed by atoms with van der Waals surface area (Å²) in [6, 6.07) is 5.73. The number of ether oxygens (including phenoxy) is 2. The van der Waals surface area contributed by atoms with Crippen LogP contribution in [0.5, 0.6) is 5.75 Å². The number of nitrogens with zero attached hydrogens (tertiary/aromatic N) is 1. The number of hydrogen-bond donors (Lipinski definition) is 0. The summed E-state index contributed by atoms with van der Waals surface area (Å²) in [5.41, 5.74) is -0.238. The van der Waals surface area contributed by atoms with Crippen LogP contribution in [0.2, 0.25) is 0 Å². The van der Waals surface area contributed by atoms with E-state index < -0.39 is 10.9 Å². The van der Waals surface area contributed by atoms with Crippen molar-refractivity contribution in [1.29, 1.82) is 0 Å². The Kier molecular flexibility index (Phi) is 7.60. The van der Waals surface area contributed by atoms with Gasteiger partial charge in [-0.1, -0.05) is 18.6 Å². The van der Waals surface area contributed by atoms with E-state index in [2.05, 4.69) is 0 Å². The largest absolute Gasteiger partial charge is 0.466 e. The Hall–Kier alpha value is -2.44. The molecular weight excluding hydrogens is 290 g/mol. The molecule has 0 radical (unpaired) electrons. The van der Waals surface area contributed by atoms with Crippen LogP contribution < -0.4 is 4.74 Å². The Morgan fingerprint density at radius 3 is 2.36 bits per heavy atom. The molecule has 0 amide bonds. The van der Waals surface area contributed by atoms with Crippen LogP contribution in [0, 0.1) is 10.1 Å². The van der Waals surface area contributed by atoms with Crippen molar-refractivity contribution in [2.24, 2.45) is 0 Å². The molecule has 0 saturated carbocycles. The Morgan fingerprint density at radius 1 is 1.09 bits per heavy atom. The molecule has 1 aromatic carbocycles. The maximum atomic E-state index is 11.7. The molecule has 0 aliphatic heterocycles. The van der Waals surface area contributed by atoms with E-state index in [0.717, 1.165) is 0 Å². The van der Waals surface area contributed by atoms with Crippen LogP contribution in [-0.4, -0.2) is 23.5 Å². The third-order valence-corrected chi connectivity index (χ3v) is 2.85. The van der Waals surface area contributed by atoms with E-state index in [9.17, 15) is 19.7 Å². The summed E-state index contributed by atoms with van der Waals surface area (Å²) in [5.74, 6) is -0.820. The van der Waals surface area contributed by atoms with Gasteiger partial charge >= 0.3 is 17.6 Å². The van der Waals surface area contributed by atoms with E-state index in [1.165, 1.54) is 18.2 Å². The van der Waals surface area contributed by atoms with Gasteiger partial charge in [0.15, 0.2) is 0 Å². The lowest BCUT2D eigenvalue weighted by Crippen LogP contribution is -2.09. The third kappa shape index (κ3) is 6.34. The fraction of sp³-hybridized carbons (Fsp3) is 0.467. The second kappa shape index (κ2) is 9.49. The van der Waals surface area contributed by atoms with Crippen molar-refractivity contribution in [1.82, 2.24) is 0 Å². The van der Waals surface area contributed by atoms with Crippen molar-refractivity contribution in [2.45, 2.75) is 39.0 Å². The quantitative estimate of drug-likeness (QED) is 0.229. The molecule has 0 fully saturated rings. The lowest BCUT2D eigenvalue weighted by molar-refractivity contribution is -0.385. The average molecular weight is 309 g/mol. The smallest absolute Gasteiger partial charge is 0.311 e. The zero-order valence-corrected chi connectivity index (χ0v) is 12.4. The summed E-state index contributed by atoms with van der Waals surface area (Å²) in [6.07, 6.45) is 2.35. The highest BCUT2D eigenvalue weighted by atomic mass is 16.6. The van der Waals surface area contributed by atoms with E-state index in [-0.39, 0.29) is 23.8 Å². The number of nitro benzene ring substituents is 1. The van der Waals surface area contributed by atoms with E-state index in [4.69, 9.17) is 9.47 Å². The van der Waals surface area contributed by atoms with Crippen molar-refractivity contribution in [2.75, 3.05) is 6.61 Å². The Morgan fingerprint density at radius 2 is 1.73 bits per heavy atom. The number of para-hydroxylation sites is 2. The number of benzene rings is 1. The maximum absolute atomic E-state index is 11.7. The van der Waals surface area contributed by atoms with E-state index in [1.54, 1.807) is 13.0 Å².